The Labute approximate surface area is 170 Å². The lowest BCUT2D eigenvalue weighted by Gasteiger charge is -2.05. The van der Waals surface area contributed by atoms with Crippen molar-refractivity contribution in [1.82, 2.24) is 9.55 Å². The molecule has 29 heavy (non-hydrogen) atoms. The van der Waals surface area contributed by atoms with Crippen LogP contribution in [0.5, 0.6) is 0 Å². The average molecular weight is 408 g/mol. The van der Waals surface area contributed by atoms with Crippen molar-refractivity contribution in [1.29, 1.82) is 0 Å². The Bertz CT molecular complexity index is 1220. The number of amides is 1. The minimum Gasteiger partial charge on any atom is -0.342 e. The van der Waals surface area contributed by atoms with Crippen molar-refractivity contribution in [3.63, 3.8) is 0 Å². The van der Waals surface area contributed by atoms with E-state index in [9.17, 15) is 14.0 Å². The van der Waals surface area contributed by atoms with E-state index in [-0.39, 0.29) is 22.2 Å². The molecule has 7 heteroatoms. The minimum atomic E-state index is -0.801. The molecule has 0 aliphatic carbocycles. The molecule has 0 bridgehead atoms. The van der Waals surface area contributed by atoms with Crippen molar-refractivity contribution >= 4 is 39.9 Å². The van der Waals surface area contributed by atoms with Gasteiger partial charge >= 0.3 is 0 Å². The summed E-state index contributed by atoms with van der Waals surface area (Å²) in [6.07, 6.45) is 3.13. The van der Waals surface area contributed by atoms with Crippen LogP contribution in [0.2, 0.25) is 5.15 Å². The van der Waals surface area contributed by atoms with Crippen LogP contribution in [0, 0.1) is 5.82 Å². The molecule has 0 saturated carbocycles. The van der Waals surface area contributed by atoms with E-state index in [4.69, 9.17) is 11.6 Å². The summed E-state index contributed by atoms with van der Waals surface area (Å²) in [6, 6.07) is 16.6. The molecule has 0 spiro atoms. The van der Waals surface area contributed by atoms with Crippen LogP contribution in [0.4, 0.5) is 10.1 Å². The smallest absolute Gasteiger partial charge is 0.296 e. The Balaban J connectivity index is 1.66. The van der Waals surface area contributed by atoms with Crippen molar-refractivity contribution in [3.8, 4) is 0 Å². The Morgan fingerprint density at radius 2 is 1.79 bits per heavy atom. The molecule has 0 unspecified atom stereocenters. The van der Waals surface area contributed by atoms with Crippen LogP contribution in [0.3, 0.4) is 0 Å². The molecular weight excluding hydrogens is 393 g/mol. The molecule has 2 heterocycles. The van der Waals surface area contributed by atoms with Crippen LogP contribution in [0.15, 0.2) is 73.1 Å². The summed E-state index contributed by atoms with van der Waals surface area (Å²) >= 11 is 5.95. The molecule has 4 aromatic rings. The number of rotatable bonds is 5. The highest BCUT2D eigenvalue weighted by Gasteiger charge is 2.22. The van der Waals surface area contributed by atoms with E-state index in [1.807, 2.05) is 16.7 Å². The maximum Gasteiger partial charge on any atom is 0.296 e. The fourth-order valence-electron chi connectivity index (χ4n) is 3.13. The number of hydrogen-bond acceptors (Lipinski definition) is 3. The SMILES string of the molecule is O=C(Nc1cccnc1Cl)C(=O)c1cn(Cc2ccc(F)cc2)c2ccccc12. The van der Waals surface area contributed by atoms with E-state index < -0.39 is 11.7 Å². The van der Waals surface area contributed by atoms with E-state index in [2.05, 4.69) is 10.3 Å². The van der Waals surface area contributed by atoms with Crippen molar-refractivity contribution in [3.05, 3.63) is 95.2 Å². The second-order valence-electron chi connectivity index (χ2n) is 6.44. The third-order valence-corrected chi connectivity index (χ3v) is 4.81. The first-order valence-corrected chi connectivity index (χ1v) is 9.19. The Hall–Kier alpha value is -3.51. The second kappa shape index (κ2) is 7.85. The topological polar surface area (TPSA) is 64.0 Å². The van der Waals surface area contributed by atoms with Crippen LogP contribution < -0.4 is 5.32 Å². The highest BCUT2D eigenvalue weighted by molar-refractivity contribution is 6.49. The molecule has 2 aromatic heterocycles. The Morgan fingerprint density at radius 3 is 2.55 bits per heavy atom. The zero-order chi connectivity index (χ0) is 20.4. The number of carbonyl (C=O) groups excluding carboxylic acids is 2. The van der Waals surface area contributed by atoms with E-state index >= 15 is 0 Å². The third kappa shape index (κ3) is 3.88. The van der Waals surface area contributed by atoms with Gasteiger partial charge in [0.25, 0.3) is 11.7 Å². The number of nitrogens with zero attached hydrogens (tertiary/aromatic N) is 2. The number of anilines is 1. The molecule has 4 rings (SSSR count). The van der Waals surface area contributed by atoms with Gasteiger partial charge in [0.2, 0.25) is 0 Å². The van der Waals surface area contributed by atoms with Gasteiger partial charge in [-0.3, -0.25) is 9.59 Å². The van der Waals surface area contributed by atoms with E-state index in [1.165, 1.54) is 18.3 Å². The number of hydrogen-bond donors (Lipinski definition) is 1. The summed E-state index contributed by atoms with van der Waals surface area (Å²) in [4.78, 5) is 29.2. The van der Waals surface area contributed by atoms with Gasteiger partial charge in [0.05, 0.1) is 11.3 Å². The number of nitrogens with one attached hydrogen (secondary N) is 1. The summed E-state index contributed by atoms with van der Waals surface area (Å²) in [7, 11) is 0. The van der Waals surface area contributed by atoms with Crippen LogP contribution in [-0.4, -0.2) is 21.2 Å². The van der Waals surface area contributed by atoms with Gasteiger partial charge in [-0.1, -0.05) is 41.9 Å². The summed E-state index contributed by atoms with van der Waals surface area (Å²) in [5.74, 6) is -1.80. The van der Waals surface area contributed by atoms with E-state index in [0.717, 1.165) is 11.1 Å². The fourth-order valence-corrected chi connectivity index (χ4v) is 3.29. The number of fused-ring (bicyclic) bond motifs is 1. The molecule has 0 radical (unpaired) electrons. The number of halogens is 2. The maximum atomic E-state index is 13.2. The quantitative estimate of drug-likeness (QED) is 0.296. The number of benzene rings is 2. The second-order valence-corrected chi connectivity index (χ2v) is 6.80. The van der Waals surface area contributed by atoms with Gasteiger partial charge in [0.15, 0.2) is 5.15 Å². The summed E-state index contributed by atoms with van der Waals surface area (Å²) in [6.45, 7) is 0.435. The lowest BCUT2D eigenvalue weighted by molar-refractivity contribution is -0.112. The first-order chi connectivity index (χ1) is 14.0. The van der Waals surface area contributed by atoms with Gasteiger partial charge in [0, 0.05) is 29.8 Å². The van der Waals surface area contributed by atoms with Crippen molar-refractivity contribution in [2.24, 2.45) is 0 Å². The van der Waals surface area contributed by atoms with Gasteiger partial charge in [-0.25, -0.2) is 9.37 Å². The number of para-hydroxylation sites is 1. The van der Waals surface area contributed by atoms with Crippen molar-refractivity contribution < 1.29 is 14.0 Å². The number of Topliss-reactive ketones (excluding diaryl/α,β-unsaturated/α-hetero) is 1. The summed E-state index contributed by atoms with van der Waals surface area (Å²) < 4.78 is 15.0. The number of pyridine rings is 1. The van der Waals surface area contributed by atoms with Crippen LogP contribution in [-0.2, 0) is 11.3 Å². The van der Waals surface area contributed by atoms with E-state index in [1.54, 1.807) is 42.6 Å². The number of aromatic nitrogens is 2. The third-order valence-electron chi connectivity index (χ3n) is 4.51. The predicted octanol–water partition coefficient (Wildman–Crippen LogP) is 4.70. The van der Waals surface area contributed by atoms with Gasteiger partial charge in [0.1, 0.15) is 5.82 Å². The predicted molar refractivity (Wildman–Crippen MR) is 110 cm³/mol. The summed E-state index contributed by atoms with van der Waals surface area (Å²) in [5.41, 5.74) is 2.22. The highest BCUT2D eigenvalue weighted by atomic mass is 35.5. The van der Waals surface area contributed by atoms with Gasteiger partial charge in [-0.05, 0) is 35.9 Å². The van der Waals surface area contributed by atoms with E-state index in [0.29, 0.717) is 11.9 Å². The monoisotopic (exact) mass is 407 g/mol. The molecule has 1 N–H and O–H groups in total. The number of ketones is 1. The average Bonchev–Trinajstić information content (AvgIpc) is 3.09. The van der Waals surface area contributed by atoms with Crippen LogP contribution >= 0.6 is 11.6 Å². The maximum absolute atomic E-state index is 13.2. The van der Waals surface area contributed by atoms with Crippen LogP contribution in [0.25, 0.3) is 10.9 Å². The fraction of sp³-hybridized carbons (Fsp3) is 0.0455. The number of carbonyl (C=O) groups is 2. The van der Waals surface area contributed by atoms with Gasteiger partial charge in [-0.2, -0.15) is 0 Å². The van der Waals surface area contributed by atoms with Crippen molar-refractivity contribution in [2.75, 3.05) is 5.32 Å². The molecule has 0 fully saturated rings. The van der Waals surface area contributed by atoms with Gasteiger partial charge < -0.3 is 9.88 Å². The molecular formula is C22H15ClFN3O2. The zero-order valence-electron chi connectivity index (χ0n) is 15.1. The molecule has 0 aliphatic rings. The molecule has 5 nitrogen and oxygen atoms in total. The molecule has 0 aliphatic heterocycles. The molecule has 1 amide bonds. The summed E-state index contributed by atoms with van der Waals surface area (Å²) in [5, 5.41) is 3.27. The Kier molecular flexibility index (Phi) is 5.10. The zero-order valence-corrected chi connectivity index (χ0v) is 15.9. The normalized spacial score (nSPS) is 10.8. The lowest BCUT2D eigenvalue weighted by Crippen LogP contribution is -2.23. The Morgan fingerprint density at radius 1 is 1.03 bits per heavy atom. The minimum absolute atomic E-state index is 0.104. The van der Waals surface area contributed by atoms with Crippen LogP contribution in [0.1, 0.15) is 15.9 Å². The molecule has 0 saturated heterocycles. The van der Waals surface area contributed by atoms with Gasteiger partial charge in [-0.15, -0.1) is 0 Å². The lowest BCUT2D eigenvalue weighted by atomic mass is 10.1. The molecule has 0 atom stereocenters. The highest BCUT2D eigenvalue weighted by Crippen LogP contribution is 2.24. The first-order valence-electron chi connectivity index (χ1n) is 8.81. The largest absolute Gasteiger partial charge is 0.342 e. The standard InChI is InChI=1S/C22H15ClFN3O2/c23-21-18(5-3-11-25-21)26-22(29)20(28)17-13-27(19-6-2-1-4-16(17)19)12-14-7-9-15(24)10-8-14/h1-11,13H,12H2,(H,26,29). The molecule has 144 valence electrons. The first kappa shape index (κ1) is 18.8. The van der Waals surface area contributed by atoms with Crippen molar-refractivity contribution in [2.45, 2.75) is 6.54 Å². The molecule has 2 aromatic carbocycles.